The summed E-state index contributed by atoms with van der Waals surface area (Å²) in [5, 5.41) is 44.0. The van der Waals surface area contributed by atoms with E-state index in [1.165, 1.54) is 7.11 Å². The quantitative estimate of drug-likeness (QED) is 0.504. The highest BCUT2D eigenvalue weighted by molar-refractivity contribution is 5.74. The molecule has 5 aliphatic rings. The fourth-order valence-electron chi connectivity index (χ4n) is 9.95. The first-order valence-corrected chi connectivity index (χ1v) is 12.3. The van der Waals surface area contributed by atoms with E-state index in [0.717, 1.165) is 32.1 Å². The van der Waals surface area contributed by atoms with Crippen molar-refractivity contribution in [3.63, 3.8) is 0 Å². The van der Waals surface area contributed by atoms with Gasteiger partial charge in [-0.1, -0.05) is 20.8 Å². The first-order chi connectivity index (χ1) is 14.4. The van der Waals surface area contributed by atoms with E-state index < -0.39 is 29.9 Å². The lowest BCUT2D eigenvalue weighted by molar-refractivity contribution is -0.176. The number of methoxy groups -OCH3 is 1. The summed E-state index contributed by atoms with van der Waals surface area (Å²) in [4.78, 5) is 11.7. The van der Waals surface area contributed by atoms with Gasteiger partial charge in [0.05, 0.1) is 24.9 Å². The minimum absolute atomic E-state index is 0.0191. The molecule has 0 amide bonds. The van der Waals surface area contributed by atoms with Gasteiger partial charge < -0.3 is 25.2 Å². The van der Waals surface area contributed by atoms with Gasteiger partial charge in [0.25, 0.3) is 0 Å². The lowest BCUT2D eigenvalue weighted by Gasteiger charge is -2.60. The Balaban J connectivity index is 1.42. The molecule has 5 rings (SSSR count). The number of ether oxygens (including phenoxy) is 1. The van der Waals surface area contributed by atoms with Crippen LogP contribution in [0.3, 0.4) is 0 Å². The topological polar surface area (TPSA) is 107 Å². The Labute approximate surface area is 185 Å². The predicted octanol–water partition coefficient (Wildman–Crippen LogP) is 2.26. The smallest absolute Gasteiger partial charge is 0.334 e. The highest BCUT2D eigenvalue weighted by Crippen LogP contribution is 2.83. The molecular weight excluding hydrogens is 396 g/mol. The Kier molecular flexibility index (Phi) is 4.76. The summed E-state index contributed by atoms with van der Waals surface area (Å²) in [5.74, 6) is 0.0498. The van der Waals surface area contributed by atoms with E-state index in [1.807, 2.05) is 0 Å². The molecule has 0 radical (unpaired) electrons. The average molecular weight is 437 g/mol. The molecule has 0 aromatic carbocycles. The van der Waals surface area contributed by atoms with Crippen molar-refractivity contribution in [1.82, 2.24) is 0 Å². The van der Waals surface area contributed by atoms with Crippen LogP contribution in [-0.2, 0) is 9.53 Å². The predicted molar refractivity (Wildman–Crippen MR) is 114 cm³/mol. The molecule has 12 unspecified atom stereocenters. The molecular formula is C25H40O6. The second-order valence-electron chi connectivity index (χ2n) is 12.4. The van der Waals surface area contributed by atoms with Gasteiger partial charge in [-0.2, -0.15) is 0 Å². The summed E-state index contributed by atoms with van der Waals surface area (Å²) < 4.78 is 4.69. The molecule has 0 aliphatic heterocycles. The van der Waals surface area contributed by atoms with Gasteiger partial charge in [0.15, 0.2) is 6.10 Å². The minimum atomic E-state index is -1.14. The number of esters is 1. The Bertz CT molecular complexity index is 771. The van der Waals surface area contributed by atoms with Gasteiger partial charge in [0.1, 0.15) is 0 Å². The molecule has 0 bridgehead atoms. The maximum Gasteiger partial charge on any atom is 0.334 e. The van der Waals surface area contributed by atoms with Crippen molar-refractivity contribution in [3.8, 4) is 0 Å². The molecule has 0 heterocycles. The normalized spacial score (nSPS) is 56.6. The van der Waals surface area contributed by atoms with Crippen LogP contribution in [-0.4, -0.2) is 57.4 Å². The summed E-state index contributed by atoms with van der Waals surface area (Å²) >= 11 is 0. The third-order valence-electron chi connectivity index (χ3n) is 11.5. The number of fused-ring (bicyclic) bond motifs is 4. The highest BCUT2D eigenvalue weighted by atomic mass is 16.5. The zero-order valence-electron chi connectivity index (χ0n) is 19.4. The molecule has 12 atom stereocenters. The summed E-state index contributed by atoms with van der Waals surface area (Å²) in [6.45, 7) is 6.67. The van der Waals surface area contributed by atoms with Gasteiger partial charge in [0, 0.05) is 5.41 Å². The standard InChI is InChI=1S/C25H40O6/c1-13(9-17(27)21(29)31-4)15-10-16(26)20-19-14(5-6-22(15,20)2)23(3)7-8-25(30)12-24(23,25)11-18(19)28/h13-20,26-28,30H,5-12H2,1-4H3. The van der Waals surface area contributed by atoms with Gasteiger partial charge in [-0.25, -0.2) is 4.79 Å². The molecule has 0 saturated heterocycles. The summed E-state index contributed by atoms with van der Waals surface area (Å²) in [6, 6.07) is 0. The van der Waals surface area contributed by atoms with Crippen LogP contribution in [0.1, 0.15) is 72.1 Å². The minimum Gasteiger partial charge on any atom is -0.467 e. The van der Waals surface area contributed by atoms with Gasteiger partial charge in [-0.3, -0.25) is 0 Å². The van der Waals surface area contributed by atoms with Crippen molar-refractivity contribution in [2.75, 3.05) is 7.11 Å². The number of hydrogen-bond acceptors (Lipinski definition) is 6. The van der Waals surface area contributed by atoms with Gasteiger partial charge in [-0.05, 0) is 91.8 Å². The number of hydrogen-bond donors (Lipinski definition) is 4. The zero-order valence-corrected chi connectivity index (χ0v) is 19.4. The van der Waals surface area contributed by atoms with Crippen LogP contribution in [0.4, 0.5) is 0 Å². The van der Waals surface area contributed by atoms with Crippen molar-refractivity contribution < 1.29 is 30.0 Å². The molecule has 31 heavy (non-hydrogen) atoms. The van der Waals surface area contributed by atoms with E-state index in [0.29, 0.717) is 25.2 Å². The van der Waals surface area contributed by atoms with Crippen molar-refractivity contribution >= 4 is 5.97 Å². The summed E-state index contributed by atoms with van der Waals surface area (Å²) in [5.41, 5.74) is -0.799. The lowest BCUT2D eigenvalue weighted by Crippen LogP contribution is -2.59. The number of carbonyl (C=O) groups is 1. The number of aliphatic hydroxyl groups is 4. The van der Waals surface area contributed by atoms with Crippen LogP contribution in [0, 0.1) is 45.8 Å². The van der Waals surface area contributed by atoms with Crippen LogP contribution in [0.2, 0.25) is 0 Å². The first kappa shape index (κ1) is 22.1. The Hall–Kier alpha value is -0.690. The highest BCUT2D eigenvalue weighted by Gasteiger charge is 2.82. The molecule has 6 heteroatoms. The molecule has 0 aromatic rings. The van der Waals surface area contributed by atoms with Gasteiger partial charge >= 0.3 is 5.97 Å². The molecule has 5 aliphatic carbocycles. The van der Waals surface area contributed by atoms with Crippen molar-refractivity contribution in [2.45, 2.75) is 96.1 Å². The maximum absolute atomic E-state index is 11.7. The molecule has 176 valence electrons. The van der Waals surface area contributed by atoms with Crippen molar-refractivity contribution in [1.29, 1.82) is 0 Å². The van der Waals surface area contributed by atoms with Crippen LogP contribution in [0.15, 0.2) is 0 Å². The fourth-order valence-corrected chi connectivity index (χ4v) is 9.95. The van der Waals surface area contributed by atoms with Gasteiger partial charge in [0.2, 0.25) is 0 Å². The first-order valence-electron chi connectivity index (χ1n) is 12.3. The van der Waals surface area contributed by atoms with Crippen LogP contribution in [0.5, 0.6) is 0 Å². The van der Waals surface area contributed by atoms with E-state index >= 15 is 0 Å². The maximum atomic E-state index is 11.7. The zero-order chi connectivity index (χ0) is 22.6. The SMILES string of the molecule is COC(=O)C(O)CC(C)C1CC(O)C2C3C(O)CC45CC4(O)CCC5(C)C3CCC12C. The second-order valence-corrected chi connectivity index (χ2v) is 12.4. The molecule has 5 fully saturated rings. The molecule has 6 nitrogen and oxygen atoms in total. The molecule has 1 spiro atoms. The third-order valence-corrected chi connectivity index (χ3v) is 11.5. The molecule has 0 aromatic heterocycles. The Morgan fingerprint density at radius 3 is 2.52 bits per heavy atom. The lowest BCUT2D eigenvalue weighted by atomic mass is 9.45. The largest absolute Gasteiger partial charge is 0.467 e. The Morgan fingerprint density at radius 2 is 1.87 bits per heavy atom. The molecule has 4 N–H and O–H groups in total. The fraction of sp³-hybridized carbons (Fsp3) is 0.960. The van der Waals surface area contributed by atoms with Crippen LogP contribution >= 0.6 is 0 Å². The number of carbonyl (C=O) groups excluding carboxylic acids is 1. The van der Waals surface area contributed by atoms with E-state index in [9.17, 15) is 25.2 Å². The summed E-state index contributed by atoms with van der Waals surface area (Å²) in [7, 11) is 1.29. The Morgan fingerprint density at radius 1 is 1.16 bits per heavy atom. The van der Waals surface area contributed by atoms with Crippen molar-refractivity contribution in [2.24, 2.45) is 45.8 Å². The van der Waals surface area contributed by atoms with Crippen LogP contribution in [0.25, 0.3) is 0 Å². The van der Waals surface area contributed by atoms with Crippen molar-refractivity contribution in [3.05, 3.63) is 0 Å². The second kappa shape index (κ2) is 6.68. The third kappa shape index (κ3) is 2.62. The van der Waals surface area contributed by atoms with E-state index in [4.69, 9.17) is 4.74 Å². The monoisotopic (exact) mass is 436 g/mol. The van der Waals surface area contributed by atoms with E-state index in [2.05, 4.69) is 20.8 Å². The van der Waals surface area contributed by atoms with E-state index in [1.54, 1.807) is 0 Å². The summed E-state index contributed by atoms with van der Waals surface area (Å²) in [6.07, 6.45) is 4.21. The average Bonchev–Trinajstić information content (AvgIpc) is 3.11. The number of rotatable bonds is 4. The molecule has 5 saturated carbocycles. The van der Waals surface area contributed by atoms with E-state index in [-0.39, 0.29) is 39.9 Å². The van der Waals surface area contributed by atoms with Gasteiger partial charge in [-0.15, -0.1) is 0 Å². The van der Waals surface area contributed by atoms with Crippen LogP contribution < -0.4 is 0 Å². The number of aliphatic hydroxyl groups excluding tert-OH is 3.